The first-order chi connectivity index (χ1) is 10.1. The normalized spacial score (nSPS) is 9.38. The molecule has 21 heavy (non-hydrogen) atoms. The van der Waals surface area contributed by atoms with Crippen molar-refractivity contribution in [1.82, 2.24) is 0 Å². The van der Waals surface area contributed by atoms with Gasteiger partial charge in [0, 0.05) is 6.08 Å². The summed E-state index contributed by atoms with van der Waals surface area (Å²) in [6, 6.07) is 13.9. The van der Waals surface area contributed by atoms with Gasteiger partial charge >= 0.3 is 5.97 Å². The maximum Gasteiger partial charge on any atom is 0.330 e. The van der Waals surface area contributed by atoms with Crippen LogP contribution in [-0.4, -0.2) is 18.5 Å². The minimum absolute atomic E-state index is 0.290. The van der Waals surface area contributed by atoms with E-state index in [4.69, 9.17) is 5.73 Å². The minimum Gasteiger partial charge on any atom is -0.463 e. The molecule has 4 nitrogen and oxygen atoms in total. The van der Waals surface area contributed by atoms with Crippen LogP contribution < -0.4 is 5.73 Å². The number of amides is 1. The Labute approximate surface area is 124 Å². The van der Waals surface area contributed by atoms with Crippen LogP contribution in [0, 0.1) is 0 Å². The summed E-state index contributed by atoms with van der Waals surface area (Å²) in [5.41, 5.74) is 6.17. The molecular weight excluding hydrogens is 266 g/mol. The number of hydrogen-bond donors (Lipinski definition) is 1. The lowest BCUT2D eigenvalue weighted by molar-refractivity contribution is -0.137. The first-order valence-electron chi connectivity index (χ1n) is 6.62. The molecule has 0 aliphatic rings. The van der Waals surface area contributed by atoms with Gasteiger partial charge in [-0.3, -0.25) is 4.79 Å². The molecular formula is C17H19NO3. The average molecular weight is 285 g/mol. The van der Waals surface area contributed by atoms with Crippen molar-refractivity contribution in [2.45, 2.75) is 13.3 Å². The van der Waals surface area contributed by atoms with E-state index in [1.54, 1.807) is 6.92 Å². The van der Waals surface area contributed by atoms with Crippen LogP contribution in [0.4, 0.5) is 0 Å². The van der Waals surface area contributed by atoms with E-state index in [2.05, 4.69) is 11.3 Å². The van der Waals surface area contributed by atoms with Crippen molar-refractivity contribution in [2.24, 2.45) is 5.73 Å². The Hall–Kier alpha value is -2.62. The van der Waals surface area contributed by atoms with Gasteiger partial charge in [0.15, 0.2) is 0 Å². The van der Waals surface area contributed by atoms with Gasteiger partial charge in [-0.25, -0.2) is 4.79 Å². The van der Waals surface area contributed by atoms with Crippen LogP contribution in [-0.2, 0) is 20.7 Å². The molecule has 0 fully saturated rings. The molecule has 0 radical (unpaired) electrons. The van der Waals surface area contributed by atoms with Crippen molar-refractivity contribution < 1.29 is 14.3 Å². The fourth-order valence-electron chi connectivity index (χ4n) is 1.84. The van der Waals surface area contributed by atoms with Crippen LogP contribution in [0.3, 0.4) is 0 Å². The predicted octanol–water partition coefficient (Wildman–Crippen LogP) is 2.60. The lowest BCUT2D eigenvalue weighted by atomic mass is 10.0. The number of ether oxygens (including phenoxy) is 1. The first-order valence-corrected chi connectivity index (χ1v) is 6.62. The quantitative estimate of drug-likeness (QED) is 0.693. The van der Waals surface area contributed by atoms with E-state index in [9.17, 15) is 9.59 Å². The Morgan fingerprint density at radius 2 is 1.86 bits per heavy atom. The summed E-state index contributed by atoms with van der Waals surface area (Å²) in [6.07, 6.45) is 1.45. The SMILES string of the molecule is C=CC(=O)OCC.NC(=O)Cc1cccc2ccccc12. The zero-order valence-corrected chi connectivity index (χ0v) is 12.0. The number of primary amides is 1. The van der Waals surface area contributed by atoms with Crippen molar-refractivity contribution in [3.63, 3.8) is 0 Å². The average Bonchev–Trinajstić information content (AvgIpc) is 2.48. The van der Waals surface area contributed by atoms with Gasteiger partial charge in [0.25, 0.3) is 0 Å². The minimum atomic E-state index is -0.359. The van der Waals surface area contributed by atoms with Gasteiger partial charge in [-0.1, -0.05) is 49.0 Å². The lowest BCUT2D eigenvalue weighted by Crippen LogP contribution is -2.13. The van der Waals surface area contributed by atoms with E-state index in [1.807, 2.05) is 42.5 Å². The van der Waals surface area contributed by atoms with Crippen LogP contribution in [0.5, 0.6) is 0 Å². The maximum absolute atomic E-state index is 10.8. The third-order valence-electron chi connectivity index (χ3n) is 2.70. The van der Waals surface area contributed by atoms with Crippen molar-refractivity contribution in [3.05, 3.63) is 60.7 Å². The summed E-state index contributed by atoms with van der Waals surface area (Å²) < 4.78 is 4.43. The van der Waals surface area contributed by atoms with E-state index >= 15 is 0 Å². The van der Waals surface area contributed by atoms with Crippen LogP contribution in [0.15, 0.2) is 55.1 Å². The second-order valence-corrected chi connectivity index (χ2v) is 4.24. The maximum atomic E-state index is 10.8. The lowest BCUT2D eigenvalue weighted by Gasteiger charge is -2.03. The summed E-state index contributed by atoms with van der Waals surface area (Å²) in [7, 11) is 0. The van der Waals surface area contributed by atoms with E-state index in [-0.39, 0.29) is 11.9 Å². The van der Waals surface area contributed by atoms with Gasteiger partial charge in [0.2, 0.25) is 5.91 Å². The topological polar surface area (TPSA) is 69.4 Å². The fourth-order valence-corrected chi connectivity index (χ4v) is 1.84. The van der Waals surface area contributed by atoms with Gasteiger partial charge in [0.1, 0.15) is 0 Å². The Balaban J connectivity index is 0.000000270. The van der Waals surface area contributed by atoms with Crippen LogP contribution in [0.25, 0.3) is 10.8 Å². The van der Waals surface area contributed by atoms with Crippen LogP contribution in [0.1, 0.15) is 12.5 Å². The molecule has 2 rings (SSSR count). The molecule has 1 amide bonds. The zero-order valence-electron chi connectivity index (χ0n) is 12.0. The molecule has 2 N–H and O–H groups in total. The molecule has 0 bridgehead atoms. The number of carbonyl (C=O) groups excluding carboxylic acids is 2. The smallest absolute Gasteiger partial charge is 0.330 e. The molecule has 0 aliphatic heterocycles. The summed E-state index contributed by atoms with van der Waals surface area (Å²) in [6.45, 7) is 5.38. The number of esters is 1. The highest BCUT2D eigenvalue weighted by Crippen LogP contribution is 2.18. The molecule has 4 heteroatoms. The van der Waals surface area contributed by atoms with Crippen molar-refractivity contribution in [2.75, 3.05) is 6.61 Å². The molecule has 0 saturated heterocycles. The van der Waals surface area contributed by atoms with Crippen molar-refractivity contribution in [3.8, 4) is 0 Å². The molecule has 0 atom stereocenters. The number of fused-ring (bicyclic) bond motifs is 1. The van der Waals surface area contributed by atoms with Crippen LogP contribution >= 0.6 is 0 Å². The summed E-state index contributed by atoms with van der Waals surface area (Å²) in [5, 5.41) is 2.25. The summed E-state index contributed by atoms with van der Waals surface area (Å²) >= 11 is 0. The molecule has 2 aromatic rings. The third kappa shape index (κ3) is 5.48. The number of benzene rings is 2. The largest absolute Gasteiger partial charge is 0.463 e. The van der Waals surface area contributed by atoms with Crippen molar-refractivity contribution in [1.29, 1.82) is 0 Å². The second kappa shape index (κ2) is 8.53. The van der Waals surface area contributed by atoms with E-state index < -0.39 is 0 Å². The fraction of sp³-hybridized carbons (Fsp3) is 0.176. The van der Waals surface area contributed by atoms with E-state index in [0.717, 1.165) is 22.4 Å². The molecule has 0 aromatic heterocycles. The van der Waals surface area contributed by atoms with Gasteiger partial charge in [-0.2, -0.15) is 0 Å². The Bertz CT molecular complexity index is 629. The molecule has 0 saturated carbocycles. The number of rotatable bonds is 4. The summed E-state index contributed by atoms with van der Waals surface area (Å²) in [5.74, 6) is -0.649. The monoisotopic (exact) mass is 285 g/mol. The van der Waals surface area contributed by atoms with Crippen LogP contribution in [0.2, 0.25) is 0 Å². The standard InChI is InChI=1S/C12H11NO.C5H8O2/c13-12(14)8-10-6-3-5-9-4-1-2-7-11(9)10;1-3-5(6)7-4-2/h1-7H,8H2,(H2,13,14);3H,1,4H2,2H3. The molecule has 0 unspecified atom stereocenters. The van der Waals surface area contributed by atoms with E-state index in [0.29, 0.717) is 13.0 Å². The molecule has 0 spiro atoms. The highest BCUT2D eigenvalue weighted by Gasteiger charge is 2.02. The number of nitrogens with two attached hydrogens (primary N) is 1. The second-order valence-electron chi connectivity index (χ2n) is 4.24. The summed E-state index contributed by atoms with van der Waals surface area (Å²) in [4.78, 5) is 20.9. The van der Waals surface area contributed by atoms with E-state index in [1.165, 1.54) is 0 Å². The molecule has 2 aromatic carbocycles. The Kier molecular flexibility index (Phi) is 6.68. The Morgan fingerprint density at radius 1 is 1.19 bits per heavy atom. The molecule has 0 aliphatic carbocycles. The molecule has 0 heterocycles. The first kappa shape index (κ1) is 16.4. The third-order valence-corrected chi connectivity index (χ3v) is 2.70. The highest BCUT2D eigenvalue weighted by atomic mass is 16.5. The zero-order chi connectivity index (χ0) is 15.7. The van der Waals surface area contributed by atoms with Gasteiger partial charge in [0.05, 0.1) is 13.0 Å². The van der Waals surface area contributed by atoms with Gasteiger partial charge < -0.3 is 10.5 Å². The number of hydrogen-bond acceptors (Lipinski definition) is 3. The Morgan fingerprint density at radius 3 is 2.43 bits per heavy atom. The van der Waals surface area contributed by atoms with Gasteiger partial charge in [-0.05, 0) is 23.3 Å². The van der Waals surface area contributed by atoms with Gasteiger partial charge in [-0.15, -0.1) is 0 Å². The highest BCUT2D eigenvalue weighted by molar-refractivity contribution is 5.89. The van der Waals surface area contributed by atoms with Crippen molar-refractivity contribution >= 4 is 22.6 Å². The molecule has 110 valence electrons. The predicted molar refractivity (Wildman–Crippen MR) is 83.7 cm³/mol. The number of carbonyl (C=O) groups is 2.